The average molecular weight is 320 g/mol. The topological polar surface area (TPSA) is 70.5 Å². The van der Waals surface area contributed by atoms with Gasteiger partial charge >= 0.3 is 0 Å². The fourth-order valence-electron chi connectivity index (χ4n) is 2.31. The Hall–Kier alpha value is -3.14. The van der Waals surface area contributed by atoms with Crippen molar-refractivity contribution < 1.29 is 9.47 Å². The molecule has 24 heavy (non-hydrogen) atoms. The molecule has 1 atom stereocenters. The van der Waals surface area contributed by atoms with Gasteiger partial charge in [-0.1, -0.05) is 30.3 Å². The van der Waals surface area contributed by atoms with E-state index in [-0.39, 0.29) is 6.10 Å². The maximum absolute atomic E-state index is 6.10. The van der Waals surface area contributed by atoms with Gasteiger partial charge in [-0.2, -0.15) is 0 Å². The van der Waals surface area contributed by atoms with E-state index in [9.17, 15) is 0 Å². The molecular formula is C20H20N2O2. The molecule has 0 heterocycles. The molecular weight excluding hydrogens is 300 g/mol. The van der Waals surface area contributed by atoms with E-state index >= 15 is 0 Å². The molecule has 0 amide bonds. The second-order valence-corrected chi connectivity index (χ2v) is 5.47. The molecule has 3 rings (SSSR count). The van der Waals surface area contributed by atoms with Gasteiger partial charge in [0.2, 0.25) is 0 Å². The lowest BCUT2D eigenvalue weighted by atomic mass is 10.1. The van der Waals surface area contributed by atoms with Crippen LogP contribution in [-0.4, -0.2) is 6.61 Å². The number of anilines is 2. The summed E-state index contributed by atoms with van der Waals surface area (Å²) in [5, 5.41) is 0. The first-order valence-corrected chi connectivity index (χ1v) is 7.76. The summed E-state index contributed by atoms with van der Waals surface area (Å²) >= 11 is 0. The Labute approximate surface area is 141 Å². The highest BCUT2D eigenvalue weighted by molar-refractivity contribution is 5.42. The lowest BCUT2D eigenvalue weighted by Crippen LogP contribution is -2.16. The van der Waals surface area contributed by atoms with Crippen molar-refractivity contribution in [3.05, 3.63) is 84.4 Å². The minimum Gasteiger partial charge on any atom is -0.489 e. The fourth-order valence-corrected chi connectivity index (χ4v) is 2.31. The van der Waals surface area contributed by atoms with Crippen LogP contribution in [0.15, 0.2) is 78.9 Å². The summed E-state index contributed by atoms with van der Waals surface area (Å²) in [4.78, 5) is 0. The zero-order valence-electron chi connectivity index (χ0n) is 13.3. The molecule has 0 aromatic heterocycles. The quantitative estimate of drug-likeness (QED) is 0.672. The predicted molar refractivity (Wildman–Crippen MR) is 97.0 cm³/mol. The summed E-state index contributed by atoms with van der Waals surface area (Å²) in [6.07, 6.45) is -0.229. The maximum atomic E-state index is 6.10. The molecule has 0 saturated heterocycles. The Morgan fingerprint density at radius 3 is 1.79 bits per heavy atom. The summed E-state index contributed by atoms with van der Waals surface area (Å²) in [7, 11) is 0. The van der Waals surface area contributed by atoms with E-state index in [0.717, 1.165) is 17.1 Å². The number of rotatable bonds is 6. The van der Waals surface area contributed by atoms with Crippen LogP contribution in [0.4, 0.5) is 11.4 Å². The summed E-state index contributed by atoms with van der Waals surface area (Å²) in [6, 6.07) is 24.7. The molecule has 0 aliphatic carbocycles. The Kier molecular flexibility index (Phi) is 4.87. The Bertz CT molecular complexity index is 756. The van der Waals surface area contributed by atoms with Gasteiger partial charge in [-0.05, 0) is 54.1 Å². The van der Waals surface area contributed by atoms with Gasteiger partial charge < -0.3 is 20.9 Å². The number of hydrogen-bond donors (Lipinski definition) is 2. The van der Waals surface area contributed by atoms with Crippen molar-refractivity contribution in [1.29, 1.82) is 0 Å². The Morgan fingerprint density at radius 2 is 1.21 bits per heavy atom. The molecule has 0 aliphatic heterocycles. The highest BCUT2D eigenvalue weighted by Crippen LogP contribution is 2.24. The predicted octanol–water partition coefficient (Wildman–Crippen LogP) is 4.05. The Morgan fingerprint density at radius 1 is 0.667 bits per heavy atom. The molecule has 4 N–H and O–H groups in total. The van der Waals surface area contributed by atoms with Crippen LogP contribution in [-0.2, 0) is 0 Å². The Balaban J connectivity index is 1.74. The van der Waals surface area contributed by atoms with Gasteiger partial charge in [0.15, 0.2) is 6.10 Å². The second kappa shape index (κ2) is 7.42. The third-order valence-corrected chi connectivity index (χ3v) is 3.61. The molecule has 0 aliphatic rings. The van der Waals surface area contributed by atoms with Crippen molar-refractivity contribution in [2.45, 2.75) is 6.10 Å². The highest BCUT2D eigenvalue weighted by Gasteiger charge is 2.14. The largest absolute Gasteiger partial charge is 0.489 e. The summed E-state index contributed by atoms with van der Waals surface area (Å²) < 4.78 is 12.0. The van der Waals surface area contributed by atoms with Crippen LogP contribution in [0.1, 0.15) is 11.7 Å². The van der Waals surface area contributed by atoms with Crippen LogP contribution < -0.4 is 20.9 Å². The van der Waals surface area contributed by atoms with Gasteiger partial charge in [0.1, 0.15) is 18.1 Å². The monoisotopic (exact) mass is 320 g/mol. The van der Waals surface area contributed by atoms with Crippen LogP contribution in [0, 0.1) is 0 Å². The van der Waals surface area contributed by atoms with Gasteiger partial charge in [-0.25, -0.2) is 0 Å². The van der Waals surface area contributed by atoms with Crippen LogP contribution in [0.5, 0.6) is 11.5 Å². The third-order valence-electron chi connectivity index (χ3n) is 3.61. The first-order valence-electron chi connectivity index (χ1n) is 7.76. The van der Waals surface area contributed by atoms with Crippen LogP contribution >= 0.6 is 0 Å². The van der Waals surface area contributed by atoms with Crippen molar-refractivity contribution in [2.75, 3.05) is 18.1 Å². The number of benzene rings is 3. The highest BCUT2D eigenvalue weighted by atomic mass is 16.5. The van der Waals surface area contributed by atoms with E-state index in [4.69, 9.17) is 20.9 Å². The zero-order chi connectivity index (χ0) is 16.8. The van der Waals surface area contributed by atoms with Crippen molar-refractivity contribution in [3.8, 4) is 11.5 Å². The van der Waals surface area contributed by atoms with E-state index in [2.05, 4.69) is 0 Å². The van der Waals surface area contributed by atoms with E-state index in [1.54, 1.807) is 0 Å². The molecule has 122 valence electrons. The number of nitrogens with two attached hydrogens (primary N) is 2. The lowest BCUT2D eigenvalue weighted by Gasteiger charge is -2.20. The van der Waals surface area contributed by atoms with Crippen molar-refractivity contribution in [3.63, 3.8) is 0 Å². The number of nitrogen functional groups attached to an aromatic ring is 2. The van der Waals surface area contributed by atoms with E-state index in [0.29, 0.717) is 18.0 Å². The van der Waals surface area contributed by atoms with Crippen molar-refractivity contribution >= 4 is 11.4 Å². The van der Waals surface area contributed by atoms with Crippen molar-refractivity contribution in [2.24, 2.45) is 0 Å². The zero-order valence-corrected chi connectivity index (χ0v) is 13.3. The van der Waals surface area contributed by atoms with Gasteiger partial charge in [0, 0.05) is 11.4 Å². The van der Waals surface area contributed by atoms with E-state index in [1.807, 2.05) is 78.9 Å². The number of hydrogen-bond acceptors (Lipinski definition) is 4. The number of ether oxygens (including phenoxy) is 2. The van der Waals surface area contributed by atoms with Crippen LogP contribution in [0.2, 0.25) is 0 Å². The molecule has 1 unspecified atom stereocenters. The smallest absolute Gasteiger partial charge is 0.158 e. The van der Waals surface area contributed by atoms with Crippen LogP contribution in [0.25, 0.3) is 0 Å². The molecule has 4 heteroatoms. The standard InChI is InChI=1S/C20H20N2O2/c21-16-6-10-18(11-7-16)23-14-20(15-4-2-1-3-5-15)24-19-12-8-17(22)9-13-19/h1-13,20H,14,21-22H2. The summed E-state index contributed by atoms with van der Waals surface area (Å²) in [5.74, 6) is 1.50. The van der Waals surface area contributed by atoms with Gasteiger partial charge in [0.25, 0.3) is 0 Å². The fraction of sp³-hybridized carbons (Fsp3) is 0.100. The summed E-state index contributed by atoms with van der Waals surface area (Å²) in [6.45, 7) is 0.387. The van der Waals surface area contributed by atoms with E-state index in [1.165, 1.54) is 0 Å². The molecule has 0 fully saturated rings. The minimum absolute atomic E-state index is 0.229. The molecule has 0 radical (unpaired) electrons. The lowest BCUT2D eigenvalue weighted by molar-refractivity contribution is 0.129. The van der Waals surface area contributed by atoms with Gasteiger partial charge in [-0.15, -0.1) is 0 Å². The summed E-state index contributed by atoms with van der Waals surface area (Å²) in [5.41, 5.74) is 13.9. The van der Waals surface area contributed by atoms with Gasteiger partial charge in [-0.3, -0.25) is 0 Å². The first-order chi connectivity index (χ1) is 11.7. The molecule has 3 aromatic carbocycles. The molecule has 3 aromatic rings. The van der Waals surface area contributed by atoms with E-state index < -0.39 is 0 Å². The maximum Gasteiger partial charge on any atom is 0.158 e. The van der Waals surface area contributed by atoms with Crippen LogP contribution in [0.3, 0.4) is 0 Å². The molecule has 0 saturated carbocycles. The second-order valence-electron chi connectivity index (χ2n) is 5.47. The molecule has 4 nitrogen and oxygen atoms in total. The minimum atomic E-state index is -0.229. The SMILES string of the molecule is Nc1ccc(OCC(Oc2ccc(N)cc2)c2ccccc2)cc1. The van der Waals surface area contributed by atoms with Crippen molar-refractivity contribution in [1.82, 2.24) is 0 Å². The average Bonchev–Trinajstić information content (AvgIpc) is 2.62. The van der Waals surface area contributed by atoms with Gasteiger partial charge in [0.05, 0.1) is 0 Å². The normalized spacial score (nSPS) is 11.7. The molecule has 0 spiro atoms. The first kappa shape index (κ1) is 15.7. The molecule has 0 bridgehead atoms. The third kappa shape index (κ3) is 4.20.